The molecule has 4 nitrogen and oxygen atoms in total. The van der Waals surface area contributed by atoms with Crippen LogP contribution in [0.3, 0.4) is 0 Å². The Morgan fingerprint density at radius 3 is 2.57 bits per heavy atom. The van der Waals surface area contributed by atoms with Gasteiger partial charge in [0.1, 0.15) is 0 Å². The number of nitrogens with zero attached hydrogens (tertiary/aromatic N) is 2. The van der Waals surface area contributed by atoms with E-state index >= 15 is 0 Å². The number of amidine groups is 1. The van der Waals surface area contributed by atoms with Crippen molar-refractivity contribution in [3.63, 3.8) is 0 Å². The van der Waals surface area contributed by atoms with E-state index in [2.05, 4.69) is 4.99 Å². The Morgan fingerprint density at radius 2 is 1.95 bits per heavy atom. The van der Waals surface area contributed by atoms with Crippen molar-refractivity contribution in [2.45, 2.75) is 19.0 Å². The molecule has 1 saturated heterocycles. The maximum Gasteiger partial charge on any atom is 0.164 e. The Balaban J connectivity index is 2.03. The van der Waals surface area contributed by atoms with Gasteiger partial charge in [0.05, 0.1) is 23.6 Å². The van der Waals surface area contributed by atoms with Gasteiger partial charge in [-0.2, -0.15) is 0 Å². The van der Waals surface area contributed by atoms with Crippen molar-refractivity contribution in [3.8, 4) is 0 Å². The van der Waals surface area contributed by atoms with Crippen LogP contribution in [0, 0.1) is 0 Å². The van der Waals surface area contributed by atoms with Crippen molar-refractivity contribution < 1.29 is 8.42 Å². The molecule has 3 rings (SSSR count). The van der Waals surface area contributed by atoms with Gasteiger partial charge in [0.25, 0.3) is 0 Å². The zero-order valence-electron chi connectivity index (χ0n) is 11.3. The van der Waals surface area contributed by atoms with E-state index in [1.165, 1.54) is 0 Å². The highest BCUT2D eigenvalue weighted by Crippen LogP contribution is 2.37. The zero-order chi connectivity index (χ0) is 15.2. The van der Waals surface area contributed by atoms with Gasteiger partial charge in [-0.05, 0) is 24.0 Å². The number of hydrogen-bond acceptors (Lipinski definition) is 5. The van der Waals surface area contributed by atoms with E-state index < -0.39 is 9.84 Å². The van der Waals surface area contributed by atoms with Crippen LogP contribution in [0.15, 0.2) is 23.2 Å². The maximum atomic E-state index is 11.9. The van der Waals surface area contributed by atoms with E-state index in [0.29, 0.717) is 10.0 Å². The summed E-state index contributed by atoms with van der Waals surface area (Å²) in [6.07, 6.45) is 0. The van der Waals surface area contributed by atoms with Crippen molar-refractivity contribution in [1.29, 1.82) is 0 Å². The third-order valence-corrected chi connectivity index (χ3v) is 6.49. The minimum Gasteiger partial charge on any atom is -0.315 e. The lowest BCUT2D eigenvalue weighted by Crippen LogP contribution is -2.39. The molecular weight excluding hydrogens is 351 g/mol. The quantitative estimate of drug-likeness (QED) is 0.808. The number of hydrogen-bond donors (Lipinski definition) is 0. The second-order valence-corrected chi connectivity index (χ2v) is 9.31. The van der Waals surface area contributed by atoms with Gasteiger partial charge in [-0.3, -0.25) is 4.99 Å². The Bertz CT molecular complexity index is 686. The molecule has 2 atom stereocenters. The predicted molar refractivity (Wildman–Crippen MR) is 90.7 cm³/mol. The molecular formula is C13H14Cl2N2O2S2. The van der Waals surface area contributed by atoms with Gasteiger partial charge in [-0.1, -0.05) is 41.9 Å². The number of rotatable bonds is 2. The van der Waals surface area contributed by atoms with E-state index in [1.54, 1.807) is 30.0 Å². The average Bonchev–Trinajstić information content (AvgIpc) is 2.79. The van der Waals surface area contributed by atoms with Crippen molar-refractivity contribution in [3.05, 3.63) is 28.2 Å². The lowest BCUT2D eigenvalue weighted by molar-refractivity contribution is 0.601. The molecule has 8 heteroatoms. The third kappa shape index (κ3) is 3.04. The van der Waals surface area contributed by atoms with E-state index in [0.717, 1.165) is 16.6 Å². The van der Waals surface area contributed by atoms with E-state index in [9.17, 15) is 8.42 Å². The minimum atomic E-state index is -3.03. The lowest BCUT2D eigenvalue weighted by Gasteiger charge is -2.26. The van der Waals surface area contributed by atoms with Crippen molar-refractivity contribution >= 4 is 55.7 Å². The van der Waals surface area contributed by atoms with Crippen LogP contribution in [0.1, 0.15) is 6.92 Å². The van der Waals surface area contributed by atoms with Crippen LogP contribution in [0.5, 0.6) is 0 Å². The molecule has 0 N–H and O–H groups in total. The first-order chi connectivity index (χ1) is 9.89. The summed E-state index contributed by atoms with van der Waals surface area (Å²) in [5.74, 6) is 1.12. The van der Waals surface area contributed by atoms with E-state index in [1.807, 2.05) is 11.8 Å². The molecule has 21 heavy (non-hydrogen) atoms. The number of aliphatic imine (C=N–C) groups is 1. The summed E-state index contributed by atoms with van der Waals surface area (Å²) in [7, 11) is -3.03. The number of fused-ring (bicyclic) bond motifs is 1. The molecule has 0 unspecified atom stereocenters. The van der Waals surface area contributed by atoms with Crippen molar-refractivity contribution in [2.24, 2.45) is 4.99 Å². The third-order valence-electron chi connectivity index (χ3n) is 3.51. The topological polar surface area (TPSA) is 49.7 Å². The summed E-state index contributed by atoms with van der Waals surface area (Å²) in [5.41, 5.74) is 0.803. The van der Waals surface area contributed by atoms with Crippen LogP contribution in [0.4, 0.5) is 5.69 Å². The van der Waals surface area contributed by atoms with Gasteiger partial charge in [0.2, 0.25) is 0 Å². The van der Waals surface area contributed by atoms with Crippen molar-refractivity contribution in [2.75, 3.05) is 22.2 Å². The number of sulfone groups is 1. The van der Waals surface area contributed by atoms with Gasteiger partial charge >= 0.3 is 0 Å². The molecule has 1 fully saturated rings. The molecule has 1 aromatic carbocycles. The Kier molecular flexibility index (Phi) is 4.16. The largest absolute Gasteiger partial charge is 0.315 e. The Labute approximate surface area is 138 Å². The number of thioether (sulfide) groups is 1. The normalized spacial score (nSPS) is 26.8. The van der Waals surface area contributed by atoms with Gasteiger partial charge < -0.3 is 4.90 Å². The molecule has 2 heterocycles. The summed E-state index contributed by atoms with van der Waals surface area (Å²) >= 11 is 13.8. The van der Waals surface area contributed by atoms with Crippen LogP contribution < -0.4 is 4.90 Å². The second-order valence-electron chi connectivity index (χ2n) is 5.05. The number of anilines is 1. The molecule has 0 aliphatic carbocycles. The highest BCUT2D eigenvalue weighted by Gasteiger charge is 2.47. The fourth-order valence-electron chi connectivity index (χ4n) is 2.74. The summed E-state index contributed by atoms with van der Waals surface area (Å²) in [6.45, 7) is 2.04. The summed E-state index contributed by atoms with van der Waals surface area (Å²) in [4.78, 5) is 6.57. The number of halogens is 2. The second kappa shape index (κ2) is 5.65. The fourth-order valence-corrected chi connectivity index (χ4v) is 5.95. The van der Waals surface area contributed by atoms with E-state index in [-0.39, 0.29) is 23.6 Å². The molecule has 2 aliphatic heterocycles. The van der Waals surface area contributed by atoms with E-state index in [4.69, 9.17) is 23.2 Å². The summed E-state index contributed by atoms with van der Waals surface area (Å²) in [5, 5.41) is 1.91. The predicted octanol–water partition coefficient (Wildman–Crippen LogP) is 3.09. The molecule has 2 aliphatic rings. The van der Waals surface area contributed by atoms with Gasteiger partial charge in [-0.25, -0.2) is 8.42 Å². The summed E-state index contributed by atoms with van der Waals surface area (Å²) in [6, 6.07) is 4.91. The van der Waals surface area contributed by atoms with Crippen LogP contribution in [0.25, 0.3) is 0 Å². The molecule has 114 valence electrons. The molecule has 0 radical (unpaired) electrons. The average molecular weight is 365 g/mol. The Hall–Kier alpha value is -0.430. The van der Waals surface area contributed by atoms with Crippen LogP contribution in [0.2, 0.25) is 10.0 Å². The van der Waals surface area contributed by atoms with Gasteiger partial charge in [0.15, 0.2) is 15.0 Å². The molecule has 0 bridgehead atoms. The summed E-state index contributed by atoms with van der Waals surface area (Å²) < 4.78 is 23.7. The standard InChI is InChI=1S/C13H14Cl2N2O2S2/c1-2-20-13-16-11-6-21(18,19)7-12(11)17(13)10-4-8(14)3-9(15)5-10/h3-5,11-12H,2,6-7H2,1H3/t11-,12-/m0/s1. The first-order valence-electron chi connectivity index (χ1n) is 6.56. The van der Waals surface area contributed by atoms with Crippen LogP contribution in [-0.4, -0.2) is 42.9 Å². The zero-order valence-corrected chi connectivity index (χ0v) is 14.4. The van der Waals surface area contributed by atoms with Crippen LogP contribution >= 0.6 is 35.0 Å². The smallest absolute Gasteiger partial charge is 0.164 e. The molecule has 0 amide bonds. The van der Waals surface area contributed by atoms with Gasteiger partial charge in [-0.15, -0.1) is 0 Å². The minimum absolute atomic E-state index is 0.121. The van der Waals surface area contributed by atoms with Crippen LogP contribution in [-0.2, 0) is 9.84 Å². The first-order valence-corrected chi connectivity index (χ1v) is 10.1. The molecule has 0 saturated carbocycles. The molecule has 0 spiro atoms. The molecule has 1 aromatic rings. The lowest BCUT2D eigenvalue weighted by atomic mass is 10.1. The Morgan fingerprint density at radius 1 is 1.29 bits per heavy atom. The number of benzene rings is 1. The monoisotopic (exact) mass is 364 g/mol. The highest BCUT2D eigenvalue weighted by molar-refractivity contribution is 8.14. The van der Waals surface area contributed by atoms with Gasteiger partial charge in [0, 0.05) is 15.7 Å². The van der Waals surface area contributed by atoms with Crippen molar-refractivity contribution in [1.82, 2.24) is 0 Å². The maximum absolute atomic E-state index is 11.9. The first kappa shape index (κ1) is 15.5. The SMILES string of the molecule is CCSC1=N[C@H]2CS(=O)(=O)C[C@@H]2N1c1cc(Cl)cc(Cl)c1. The molecule has 0 aromatic heterocycles. The highest BCUT2D eigenvalue weighted by atomic mass is 35.5. The fraction of sp³-hybridized carbons (Fsp3) is 0.462.